The molecule has 1 fully saturated rings. The second kappa shape index (κ2) is 11.5. The van der Waals surface area contributed by atoms with Crippen LogP contribution in [0, 0.1) is 0 Å². The molecule has 0 saturated carbocycles. The number of hydrogen-bond acceptors (Lipinski definition) is 5. The van der Waals surface area contributed by atoms with Gasteiger partial charge in [-0.2, -0.15) is 13.2 Å². The molecule has 2 amide bonds. The van der Waals surface area contributed by atoms with Crippen LogP contribution < -0.4 is 10.6 Å². The highest BCUT2D eigenvalue weighted by atomic mass is 35.5. The summed E-state index contributed by atoms with van der Waals surface area (Å²) in [6, 6.07) is 12.3. The van der Waals surface area contributed by atoms with Crippen molar-refractivity contribution in [1.82, 2.24) is 15.5 Å². The Balaban J connectivity index is 1.34. The van der Waals surface area contributed by atoms with E-state index >= 15 is 0 Å². The Morgan fingerprint density at radius 3 is 2.46 bits per heavy atom. The Morgan fingerprint density at radius 2 is 1.78 bits per heavy atom. The SMILES string of the molecule is O=C(NCC(=O)N1CCC(c2ccc(Cl)cc2)CC1)c1ccc2c(c1)C(OC(=O)C(F)(F)F)NCCC2. The van der Waals surface area contributed by atoms with Gasteiger partial charge in [0.25, 0.3) is 5.91 Å². The van der Waals surface area contributed by atoms with Crippen LogP contribution in [0.5, 0.6) is 0 Å². The van der Waals surface area contributed by atoms with Crippen LogP contribution in [-0.4, -0.2) is 55.0 Å². The van der Waals surface area contributed by atoms with Gasteiger partial charge < -0.3 is 15.0 Å². The highest BCUT2D eigenvalue weighted by Gasteiger charge is 2.43. The molecule has 1 unspecified atom stereocenters. The van der Waals surface area contributed by atoms with Crippen molar-refractivity contribution in [2.45, 2.75) is 44.0 Å². The Bertz CT molecular complexity index is 1150. The van der Waals surface area contributed by atoms with Crippen LogP contribution in [-0.2, 0) is 20.7 Å². The number of amides is 2. The molecule has 4 rings (SSSR count). The number of aryl methyl sites for hydroxylation is 1. The minimum Gasteiger partial charge on any atom is -0.436 e. The molecule has 0 bridgehead atoms. The van der Waals surface area contributed by atoms with Crippen molar-refractivity contribution in [1.29, 1.82) is 0 Å². The van der Waals surface area contributed by atoms with E-state index in [0.29, 0.717) is 54.5 Å². The van der Waals surface area contributed by atoms with Crippen molar-refractivity contribution in [3.05, 3.63) is 69.7 Å². The molecule has 1 atom stereocenters. The summed E-state index contributed by atoms with van der Waals surface area (Å²) < 4.78 is 42.8. The minimum atomic E-state index is -5.13. The van der Waals surface area contributed by atoms with Gasteiger partial charge >= 0.3 is 12.1 Å². The molecular weight excluding hydrogens is 511 g/mol. The number of hydrogen-bond donors (Lipinski definition) is 2. The standard InChI is InChI=1S/C26H27ClF3N3O4/c27-20-7-5-16(6-8-20)17-9-12-33(13-10-17)22(34)15-32-23(35)19-4-3-18-2-1-11-31-24(21(18)14-19)37-25(36)26(28,29)30/h3-8,14,17,24,31H,1-2,9-13,15H2,(H,32,35). The van der Waals surface area contributed by atoms with Crippen LogP contribution in [0.15, 0.2) is 42.5 Å². The normalized spacial score (nSPS) is 18.5. The molecule has 1 saturated heterocycles. The van der Waals surface area contributed by atoms with Gasteiger partial charge in [0.05, 0.1) is 6.54 Å². The van der Waals surface area contributed by atoms with Crippen molar-refractivity contribution in [3.8, 4) is 0 Å². The summed E-state index contributed by atoms with van der Waals surface area (Å²) in [4.78, 5) is 38.6. The van der Waals surface area contributed by atoms with Gasteiger partial charge in [0.15, 0.2) is 6.23 Å². The van der Waals surface area contributed by atoms with Crippen LogP contribution in [0.3, 0.4) is 0 Å². The Labute approximate surface area is 217 Å². The molecule has 2 aliphatic heterocycles. The number of fused-ring (bicyclic) bond motifs is 1. The number of piperidine rings is 1. The van der Waals surface area contributed by atoms with E-state index in [1.807, 2.05) is 24.3 Å². The number of likely N-dealkylation sites (tertiary alicyclic amines) is 1. The van der Waals surface area contributed by atoms with E-state index in [1.165, 1.54) is 11.6 Å². The summed E-state index contributed by atoms with van der Waals surface area (Å²) in [5.41, 5.74) is 2.31. The molecular formula is C26H27ClF3N3O4. The van der Waals surface area contributed by atoms with E-state index < -0.39 is 24.3 Å². The van der Waals surface area contributed by atoms with Crippen LogP contribution in [0.4, 0.5) is 13.2 Å². The topological polar surface area (TPSA) is 87.7 Å². The molecule has 37 heavy (non-hydrogen) atoms. The Hall–Kier alpha value is -3.11. The molecule has 198 valence electrons. The lowest BCUT2D eigenvalue weighted by molar-refractivity contribution is -0.206. The number of halogens is 4. The van der Waals surface area contributed by atoms with Crippen LogP contribution in [0.1, 0.15) is 58.5 Å². The summed E-state index contributed by atoms with van der Waals surface area (Å²) in [7, 11) is 0. The van der Waals surface area contributed by atoms with E-state index in [0.717, 1.165) is 12.8 Å². The van der Waals surface area contributed by atoms with Gasteiger partial charge in [-0.15, -0.1) is 0 Å². The maximum absolute atomic E-state index is 12.8. The fourth-order valence-corrected chi connectivity index (χ4v) is 4.80. The second-order valence-corrected chi connectivity index (χ2v) is 9.58. The van der Waals surface area contributed by atoms with Crippen molar-refractivity contribution < 1.29 is 32.3 Å². The Morgan fingerprint density at radius 1 is 1.08 bits per heavy atom. The van der Waals surface area contributed by atoms with Crippen LogP contribution >= 0.6 is 11.6 Å². The number of carbonyl (C=O) groups excluding carboxylic acids is 3. The molecule has 2 N–H and O–H groups in total. The predicted molar refractivity (Wildman–Crippen MR) is 130 cm³/mol. The maximum atomic E-state index is 12.8. The lowest BCUT2D eigenvalue weighted by Gasteiger charge is -2.32. The molecule has 2 heterocycles. The number of ether oxygens (including phenoxy) is 1. The van der Waals surface area contributed by atoms with Gasteiger partial charge in [-0.25, -0.2) is 4.79 Å². The third kappa shape index (κ3) is 6.81. The van der Waals surface area contributed by atoms with E-state index in [1.54, 1.807) is 17.0 Å². The number of rotatable bonds is 5. The predicted octanol–water partition coefficient (Wildman–Crippen LogP) is 4.12. The number of alkyl halides is 3. The summed E-state index contributed by atoms with van der Waals surface area (Å²) in [5, 5.41) is 6.05. The summed E-state index contributed by atoms with van der Waals surface area (Å²) in [5.74, 6) is -2.73. The average molecular weight is 538 g/mol. The largest absolute Gasteiger partial charge is 0.490 e. The fraction of sp³-hybridized carbons (Fsp3) is 0.423. The summed E-state index contributed by atoms with van der Waals surface area (Å²) in [6.07, 6.45) is -3.68. The second-order valence-electron chi connectivity index (χ2n) is 9.14. The molecule has 2 aromatic rings. The van der Waals surface area contributed by atoms with E-state index in [4.69, 9.17) is 11.6 Å². The molecule has 2 aliphatic rings. The fourth-order valence-electron chi connectivity index (χ4n) is 4.68. The highest BCUT2D eigenvalue weighted by molar-refractivity contribution is 6.30. The maximum Gasteiger partial charge on any atom is 0.490 e. The highest BCUT2D eigenvalue weighted by Crippen LogP contribution is 2.30. The molecule has 0 aliphatic carbocycles. The van der Waals surface area contributed by atoms with Gasteiger partial charge in [-0.3, -0.25) is 14.9 Å². The van der Waals surface area contributed by atoms with Crippen molar-refractivity contribution >= 4 is 29.4 Å². The first kappa shape index (κ1) is 26.9. The first-order valence-electron chi connectivity index (χ1n) is 12.1. The van der Waals surface area contributed by atoms with Crippen molar-refractivity contribution in [2.75, 3.05) is 26.2 Å². The zero-order valence-corrected chi connectivity index (χ0v) is 20.7. The molecule has 0 aromatic heterocycles. The van der Waals surface area contributed by atoms with Gasteiger partial charge in [0.1, 0.15) is 0 Å². The van der Waals surface area contributed by atoms with Crippen molar-refractivity contribution in [2.24, 2.45) is 0 Å². The van der Waals surface area contributed by atoms with Crippen LogP contribution in [0.25, 0.3) is 0 Å². The van der Waals surface area contributed by atoms with E-state index in [2.05, 4.69) is 15.4 Å². The lowest BCUT2D eigenvalue weighted by atomic mass is 9.89. The number of nitrogens with zero attached hydrogens (tertiary/aromatic N) is 1. The quantitative estimate of drug-likeness (QED) is 0.560. The first-order chi connectivity index (χ1) is 17.6. The molecule has 7 nitrogen and oxygen atoms in total. The average Bonchev–Trinajstić information content (AvgIpc) is 3.08. The van der Waals surface area contributed by atoms with Gasteiger partial charge in [0, 0.05) is 29.2 Å². The molecule has 0 spiro atoms. The zero-order chi connectivity index (χ0) is 26.6. The minimum absolute atomic E-state index is 0.157. The number of carbonyl (C=O) groups is 3. The van der Waals surface area contributed by atoms with Gasteiger partial charge in [0.2, 0.25) is 5.91 Å². The number of benzene rings is 2. The van der Waals surface area contributed by atoms with E-state index in [9.17, 15) is 27.6 Å². The summed E-state index contributed by atoms with van der Waals surface area (Å²) >= 11 is 5.95. The molecule has 11 heteroatoms. The lowest BCUT2D eigenvalue weighted by Crippen LogP contribution is -2.43. The van der Waals surface area contributed by atoms with Crippen molar-refractivity contribution in [3.63, 3.8) is 0 Å². The number of nitrogens with one attached hydrogen (secondary N) is 2. The third-order valence-electron chi connectivity index (χ3n) is 6.69. The molecule has 0 radical (unpaired) electrons. The Kier molecular flexibility index (Phi) is 8.39. The number of esters is 1. The van der Waals surface area contributed by atoms with E-state index in [-0.39, 0.29) is 18.0 Å². The monoisotopic (exact) mass is 537 g/mol. The zero-order valence-electron chi connectivity index (χ0n) is 19.9. The van der Waals surface area contributed by atoms with Gasteiger partial charge in [-0.05, 0) is 73.5 Å². The first-order valence-corrected chi connectivity index (χ1v) is 12.4. The summed E-state index contributed by atoms with van der Waals surface area (Å²) in [6.45, 7) is 1.28. The molecule has 2 aromatic carbocycles. The van der Waals surface area contributed by atoms with Gasteiger partial charge in [-0.1, -0.05) is 29.8 Å². The smallest absolute Gasteiger partial charge is 0.436 e. The van der Waals surface area contributed by atoms with Crippen LogP contribution in [0.2, 0.25) is 5.02 Å². The third-order valence-corrected chi connectivity index (χ3v) is 6.94.